The van der Waals surface area contributed by atoms with Gasteiger partial charge in [-0.2, -0.15) is 5.10 Å². The summed E-state index contributed by atoms with van der Waals surface area (Å²) in [6.07, 6.45) is 9.63. The van der Waals surface area contributed by atoms with Crippen molar-refractivity contribution in [1.29, 1.82) is 0 Å². The van der Waals surface area contributed by atoms with Gasteiger partial charge in [-0.1, -0.05) is 46.9 Å². The predicted octanol–water partition coefficient (Wildman–Crippen LogP) is 7.67. The van der Waals surface area contributed by atoms with Gasteiger partial charge in [0.2, 0.25) is 0 Å². The molecule has 4 saturated carbocycles. The van der Waals surface area contributed by atoms with Gasteiger partial charge in [-0.25, -0.2) is 5.43 Å². The molecule has 0 saturated heterocycles. The highest BCUT2D eigenvalue weighted by Gasteiger charge is 2.51. The lowest BCUT2D eigenvalue weighted by atomic mass is 9.48. The molecule has 0 spiro atoms. The highest BCUT2D eigenvalue weighted by atomic mass is 35.5. The monoisotopic (exact) mass is 669 g/mol. The summed E-state index contributed by atoms with van der Waals surface area (Å²) >= 11 is 18.0. The third-order valence-electron chi connectivity index (χ3n) is 9.09. The molecule has 3 aromatic carbocycles. The Morgan fingerprint density at radius 3 is 2.16 bits per heavy atom. The molecule has 45 heavy (non-hydrogen) atoms. The molecule has 236 valence electrons. The number of carbonyl (C=O) groups excluding carboxylic acids is 2. The molecule has 3 aromatic rings. The number of hydrazone groups is 1. The Bertz CT molecular complexity index is 1580. The van der Waals surface area contributed by atoms with E-state index in [0.717, 1.165) is 23.4 Å². The van der Waals surface area contributed by atoms with Gasteiger partial charge in [-0.15, -0.1) is 0 Å². The second kappa shape index (κ2) is 13.5. The summed E-state index contributed by atoms with van der Waals surface area (Å²) in [5.74, 6) is 2.88. The molecular formula is C34H34Cl3N3O5. The molecule has 0 aliphatic heterocycles. The predicted molar refractivity (Wildman–Crippen MR) is 176 cm³/mol. The summed E-state index contributed by atoms with van der Waals surface area (Å²) in [4.78, 5) is 24.8. The summed E-state index contributed by atoms with van der Waals surface area (Å²) in [7, 11) is 1.50. The zero-order valence-electron chi connectivity index (χ0n) is 24.8. The first kappa shape index (κ1) is 31.5. The van der Waals surface area contributed by atoms with Gasteiger partial charge in [0.1, 0.15) is 10.8 Å². The molecule has 4 fully saturated rings. The van der Waals surface area contributed by atoms with Crippen LogP contribution in [0.4, 0.5) is 5.69 Å². The van der Waals surface area contributed by atoms with E-state index in [4.69, 9.17) is 49.0 Å². The zero-order valence-corrected chi connectivity index (χ0v) is 27.1. The van der Waals surface area contributed by atoms with Crippen LogP contribution in [0.3, 0.4) is 0 Å². The number of rotatable bonds is 11. The second-order valence-electron chi connectivity index (χ2n) is 12.3. The van der Waals surface area contributed by atoms with Crippen LogP contribution in [0.1, 0.15) is 49.7 Å². The van der Waals surface area contributed by atoms with Gasteiger partial charge in [-0.05, 0) is 109 Å². The van der Waals surface area contributed by atoms with Crippen LogP contribution in [0.2, 0.25) is 15.1 Å². The van der Waals surface area contributed by atoms with Crippen LogP contribution in [0.25, 0.3) is 0 Å². The number of amides is 2. The first-order chi connectivity index (χ1) is 21.7. The number of methoxy groups -OCH3 is 1. The molecule has 4 bridgehead atoms. The van der Waals surface area contributed by atoms with Crippen molar-refractivity contribution >= 4 is 58.5 Å². The fourth-order valence-electron chi connectivity index (χ4n) is 7.59. The Hall–Kier alpha value is -3.46. The number of benzene rings is 3. The third-order valence-corrected chi connectivity index (χ3v) is 10.1. The van der Waals surface area contributed by atoms with E-state index in [0.29, 0.717) is 27.5 Å². The third kappa shape index (κ3) is 7.35. The van der Waals surface area contributed by atoms with E-state index in [-0.39, 0.29) is 34.9 Å². The average Bonchev–Trinajstić information content (AvgIpc) is 3.01. The number of anilines is 1. The van der Waals surface area contributed by atoms with Gasteiger partial charge < -0.3 is 19.5 Å². The van der Waals surface area contributed by atoms with Crippen molar-refractivity contribution < 1.29 is 23.8 Å². The van der Waals surface area contributed by atoms with E-state index in [2.05, 4.69) is 28.0 Å². The number of hydrogen-bond acceptors (Lipinski definition) is 6. The first-order valence-corrected chi connectivity index (χ1v) is 16.1. The van der Waals surface area contributed by atoms with E-state index >= 15 is 0 Å². The van der Waals surface area contributed by atoms with Gasteiger partial charge in [-0.3, -0.25) is 9.59 Å². The molecule has 4 aliphatic rings. The van der Waals surface area contributed by atoms with E-state index in [9.17, 15) is 9.59 Å². The van der Waals surface area contributed by atoms with Crippen molar-refractivity contribution in [2.24, 2.45) is 22.9 Å². The topological polar surface area (TPSA) is 98.2 Å². The fraction of sp³-hybridized carbons (Fsp3) is 0.382. The number of hydrogen-bond donors (Lipinski definition) is 2. The summed E-state index contributed by atoms with van der Waals surface area (Å²) in [5, 5.41) is 7.59. The minimum Gasteiger partial charge on any atom is -0.493 e. The van der Waals surface area contributed by atoms with Crippen molar-refractivity contribution in [1.82, 2.24) is 5.43 Å². The molecule has 7 rings (SSSR count). The summed E-state index contributed by atoms with van der Waals surface area (Å²) in [6, 6.07) is 16.4. The Labute approximate surface area is 277 Å². The van der Waals surface area contributed by atoms with Crippen LogP contribution in [-0.2, 0) is 15.0 Å². The molecule has 0 atom stereocenters. The second-order valence-corrected chi connectivity index (χ2v) is 13.5. The van der Waals surface area contributed by atoms with E-state index in [1.165, 1.54) is 69.5 Å². The smallest absolute Gasteiger partial charge is 0.277 e. The first-order valence-electron chi connectivity index (χ1n) is 15.0. The van der Waals surface area contributed by atoms with Crippen LogP contribution in [0.15, 0.2) is 59.7 Å². The Balaban J connectivity index is 0.975. The van der Waals surface area contributed by atoms with Crippen LogP contribution in [-0.4, -0.2) is 38.4 Å². The van der Waals surface area contributed by atoms with Gasteiger partial charge in [0.25, 0.3) is 11.8 Å². The van der Waals surface area contributed by atoms with E-state index in [1.807, 2.05) is 12.1 Å². The molecule has 4 aliphatic carbocycles. The quantitative estimate of drug-likeness (QED) is 0.124. The molecule has 0 aromatic heterocycles. The number of ether oxygens (including phenoxy) is 3. The fourth-order valence-corrected chi connectivity index (χ4v) is 8.23. The van der Waals surface area contributed by atoms with Crippen molar-refractivity contribution in [3.05, 3.63) is 80.8 Å². The summed E-state index contributed by atoms with van der Waals surface area (Å²) in [5.41, 5.74) is 5.51. The van der Waals surface area contributed by atoms with Crippen LogP contribution in [0.5, 0.6) is 17.2 Å². The standard InChI is InChI=1S/C34H34Cl3N3O5/c1-43-29-11-20(17-38-40-32(42)19-45-30-13-25(35)12-27(36)33(30)37)2-7-28(29)44-18-31(41)39-26-5-3-24(4-6-26)34-14-21-8-22(15-34)10-23(9-21)16-34/h2-7,11-13,17,21-23H,8-10,14-16,18-19H2,1H3,(H,39,41)(H,40,42)/b38-17-. The number of carbonyl (C=O) groups is 2. The van der Waals surface area contributed by atoms with Gasteiger partial charge in [0.05, 0.1) is 18.3 Å². The van der Waals surface area contributed by atoms with Gasteiger partial charge in [0, 0.05) is 16.8 Å². The lowest BCUT2D eigenvalue weighted by molar-refractivity contribution is -0.123. The molecule has 2 N–H and O–H groups in total. The van der Waals surface area contributed by atoms with E-state index < -0.39 is 5.91 Å². The van der Waals surface area contributed by atoms with Gasteiger partial charge >= 0.3 is 0 Å². The maximum absolute atomic E-state index is 12.7. The molecule has 11 heteroatoms. The summed E-state index contributed by atoms with van der Waals surface area (Å²) < 4.78 is 16.6. The number of nitrogens with zero attached hydrogens (tertiary/aromatic N) is 1. The van der Waals surface area contributed by atoms with Crippen molar-refractivity contribution in [2.45, 2.75) is 43.9 Å². The lowest BCUT2D eigenvalue weighted by Gasteiger charge is -2.57. The van der Waals surface area contributed by atoms with Crippen molar-refractivity contribution in [3.8, 4) is 17.2 Å². The molecule has 8 nitrogen and oxygen atoms in total. The SMILES string of the molecule is COc1cc(/C=N\NC(=O)COc2cc(Cl)cc(Cl)c2Cl)ccc1OCC(=O)Nc1ccc(C23CC4CC(CC(C4)C2)C3)cc1. The van der Waals surface area contributed by atoms with Crippen LogP contribution < -0.4 is 25.0 Å². The van der Waals surface area contributed by atoms with Crippen molar-refractivity contribution in [3.63, 3.8) is 0 Å². The molecule has 0 unspecified atom stereocenters. The highest BCUT2D eigenvalue weighted by molar-refractivity contribution is 6.44. The Morgan fingerprint density at radius 1 is 0.844 bits per heavy atom. The molecule has 0 heterocycles. The number of halogens is 3. The highest BCUT2D eigenvalue weighted by Crippen LogP contribution is 2.60. The largest absolute Gasteiger partial charge is 0.493 e. The van der Waals surface area contributed by atoms with Crippen molar-refractivity contribution in [2.75, 3.05) is 25.6 Å². The zero-order chi connectivity index (χ0) is 31.6. The summed E-state index contributed by atoms with van der Waals surface area (Å²) in [6.45, 7) is -0.531. The average molecular weight is 671 g/mol. The maximum Gasteiger partial charge on any atom is 0.277 e. The molecular weight excluding hydrogens is 637 g/mol. The maximum atomic E-state index is 12.7. The Kier molecular flexibility index (Phi) is 9.45. The Morgan fingerprint density at radius 2 is 1.49 bits per heavy atom. The lowest BCUT2D eigenvalue weighted by Crippen LogP contribution is -2.48. The number of nitrogens with one attached hydrogen (secondary N) is 2. The normalized spacial score (nSPS) is 23.2. The minimum atomic E-state index is -0.515. The van der Waals surface area contributed by atoms with Crippen LogP contribution in [0, 0.1) is 17.8 Å². The molecule has 2 amide bonds. The minimum absolute atomic E-state index is 0.158. The van der Waals surface area contributed by atoms with Gasteiger partial charge in [0.15, 0.2) is 24.7 Å². The van der Waals surface area contributed by atoms with Crippen LogP contribution >= 0.6 is 34.8 Å². The molecule has 0 radical (unpaired) electrons. The van der Waals surface area contributed by atoms with E-state index in [1.54, 1.807) is 18.2 Å².